The second kappa shape index (κ2) is 3.66. The van der Waals surface area contributed by atoms with E-state index in [0.29, 0.717) is 0 Å². The molecule has 0 aliphatic carbocycles. The topological polar surface area (TPSA) is 25.2 Å². The van der Waals surface area contributed by atoms with Gasteiger partial charge in [0.15, 0.2) is 0 Å². The Labute approximate surface area is 92.9 Å². The van der Waals surface area contributed by atoms with Gasteiger partial charge in [-0.15, -0.1) is 23.1 Å². The van der Waals surface area contributed by atoms with Crippen LogP contribution in [0.15, 0.2) is 10.4 Å². The smallest absolute Gasteiger partial charge is 0.118 e. The minimum Gasteiger partial charge on any atom is -0.269 e. The third kappa shape index (κ3) is 2.01. The van der Waals surface area contributed by atoms with Gasteiger partial charge in [0.25, 0.3) is 0 Å². The predicted molar refractivity (Wildman–Crippen MR) is 64.6 cm³/mol. The molecule has 4 heteroatoms. The number of aromatic nitrogens is 1. The average molecular weight is 226 g/mol. The second-order valence-corrected chi connectivity index (χ2v) is 5.90. The van der Waals surface area contributed by atoms with Gasteiger partial charge in [0, 0.05) is 11.1 Å². The van der Waals surface area contributed by atoms with Crippen LogP contribution in [0.4, 0.5) is 0 Å². The van der Waals surface area contributed by atoms with Crippen LogP contribution in [0, 0.1) is 0 Å². The number of hydrogen-bond acceptors (Lipinski definition) is 4. The van der Waals surface area contributed by atoms with E-state index >= 15 is 0 Å². The fourth-order valence-electron chi connectivity index (χ4n) is 1.29. The van der Waals surface area contributed by atoms with E-state index in [-0.39, 0.29) is 5.54 Å². The fraction of sp³-hybridized carbons (Fsp3) is 0.600. The highest BCUT2D eigenvalue weighted by Crippen LogP contribution is 2.30. The maximum absolute atomic E-state index is 4.66. The molecular formula is C10H14N2S2. The summed E-state index contributed by atoms with van der Waals surface area (Å²) in [7, 11) is 0. The molecular weight excluding hydrogens is 212 g/mol. The molecule has 0 unspecified atom stereocenters. The monoisotopic (exact) mass is 226 g/mol. The lowest BCUT2D eigenvalue weighted by Gasteiger charge is -2.09. The molecule has 1 aliphatic heterocycles. The van der Waals surface area contributed by atoms with Gasteiger partial charge < -0.3 is 0 Å². The van der Waals surface area contributed by atoms with Crippen molar-refractivity contribution < 1.29 is 0 Å². The summed E-state index contributed by atoms with van der Waals surface area (Å²) in [5.41, 5.74) is 1.16. The Kier molecular flexibility index (Phi) is 2.66. The van der Waals surface area contributed by atoms with Gasteiger partial charge >= 0.3 is 0 Å². The Hall–Kier alpha value is -0.350. The summed E-state index contributed by atoms with van der Waals surface area (Å²) < 4.78 is 0. The predicted octanol–water partition coefficient (Wildman–Crippen LogP) is 2.98. The number of aryl methyl sites for hydroxylation is 1. The van der Waals surface area contributed by atoms with E-state index in [9.17, 15) is 0 Å². The average Bonchev–Trinajstić information content (AvgIpc) is 2.70. The highest BCUT2D eigenvalue weighted by atomic mass is 32.2. The van der Waals surface area contributed by atoms with Gasteiger partial charge in [-0.05, 0) is 20.3 Å². The lowest BCUT2D eigenvalue weighted by molar-refractivity contribution is 0.605. The summed E-state index contributed by atoms with van der Waals surface area (Å²) in [6.45, 7) is 6.47. The van der Waals surface area contributed by atoms with Crippen LogP contribution in [0.1, 0.15) is 31.5 Å². The molecule has 2 rings (SSSR count). The van der Waals surface area contributed by atoms with Crippen molar-refractivity contribution in [2.45, 2.75) is 32.7 Å². The van der Waals surface area contributed by atoms with Crippen LogP contribution >= 0.6 is 23.1 Å². The van der Waals surface area contributed by atoms with Crippen LogP contribution < -0.4 is 0 Å². The molecule has 1 aromatic rings. The van der Waals surface area contributed by atoms with Gasteiger partial charge in [0.2, 0.25) is 0 Å². The quantitative estimate of drug-likeness (QED) is 0.774. The van der Waals surface area contributed by atoms with Crippen LogP contribution in [-0.2, 0) is 6.42 Å². The summed E-state index contributed by atoms with van der Waals surface area (Å²) in [6, 6.07) is 0. The lowest BCUT2D eigenvalue weighted by Crippen LogP contribution is -2.15. The SMILES string of the molecule is CCc1nc(C2=NC(C)(C)CS2)cs1. The minimum atomic E-state index is 0.0932. The first-order valence-corrected chi connectivity index (χ1v) is 6.65. The zero-order valence-corrected chi connectivity index (χ0v) is 10.3. The van der Waals surface area contributed by atoms with Crippen LogP contribution in [0.5, 0.6) is 0 Å². The van der Waals surface area contributed by atoms with Crippen LogP contribution in [0.3, 0.4) is 0 Å². The molecule has 1 aromatic heterocycles. The van der Waals surface area contributed by atoms with E-state index in [1.165, 1.54) is 5.01 Å². The minimum absolute atomic E-state index is 0.0932. The summed E-state index contributed by atoms with van der Waals surface area (Å²) in [5, 5.41) is 4.44. The molecule has 2 heterocycles. The Bertz CT molecular complexity index is 366. The zero-order chi connectivity index (χ0) is 10.2. The highest BCUT2D eigenvalue weighted by molar-refractivity contribution is 8.14. The molecule has 0 saturated heterocycles. The third-order valence-electron chi connectivity index (χ3n) is 2.04. The molecule has 1 aliphatic rings. The Morgan fingerprint density at radius 2 is 2.29 bits per heavy atom. The van der Waals surface area contributed by atoms with Gasteiger partial charge in [-0.2, -0.15) is 0 Å². The number of aliphatic imine (C=N–C) groups is 1. The molecule has 0 fully saturated rings. The van der Waals surface area contributed by atoms with Crippen molar-refractivity contribution in [1.29, 1.82) is 0 Å². The van der Waals surface area contributed by atoms with Gasteiger partial charge in [0.1, 0.15) is 10.7 Å². The molecule has 0 amide bonds. The molecule has 0 saturated carbocycles. The second-order valence-electron chi connectivity index (χ2n) is 4.00. The molecule has 0 radical (unpaired) electrons. The van der Waals surface area contributed by atoms with E-state index in [1.54, 1.807) is 11.3 Å². The van der Waals surface area contributed by atoms with Gasteiger partial charge in [0.05, 0.1) is 10.5 Å². The van der Waals surface area contributed by atoms with Crippen molar-refractivity contribution in [3.05, 3.63) is 16.1 Å². The number of thioether (sulfide) groups is 1. The first-order chi connectivity index (χ1) is 6.61. The van der Waals surface area contributed by atoms with Crippen molar-refractivity contribution in [3.63, 3.8) is 0 Å². The first-order valence-electron chi connectivity index (χ1n) is 4.78. The van der Waals surface area contributed by atoms with Gasteiger partial charge in [-0.1, -0.05) is 6.92 Å². The van der Waals surface area contributed by atoms with Crippen LogP contribution in [0.25, 0.3) is 0 Å². The molecule has 0 spiro atoms. The maximum atomic E-state index is 4.66. The van der Waals surface area contributed by atoms with Crippen molar-refractivity contribution >= 4 is 28.1 Å². The number of rotatable bonds is 2. The zero-order valence-electron chi connectivity index (χ0n) is 8.70. The Morgan fingerprint density at radius 1 is 1.50 bits per heavy atom. The van der Waals surface area contributed by atoms with E-state index in [1.807, 2.05) is 11.8 Å². The third-order valence-corrected chi connectivity index (χ3v) is 4.46. The number of nitrogens with zero attached hydrogens (tertiary/aromatic N) is 2. The Morgan fingerprint density at radius 3 is 2.79 bits per heavy atom. The molecule has 0 atom stereocenters. The molecule has 0 bridgehead atoms. The van der Waals surface area contributed by atoms with E-state index < -0.39 is 0 Å². The normalized spacial score (nSPS) is 19.8. The molecule has 0 N–H and O–H groups in total. The summed E-state index contributed by atoms with van der Waals surface area (Å²) in [6.07, 6.45) is 1.02. The molecule has 2 nitrogen and oxygen atoms in total. The fourth-order valence-corrected chi connectivity index (χ4v) is 3.21. The van der Waals surface area contributed by atoms with Gasteiger partial charge in [-0.25, -0.2) is 4.98 Å². The van der Waals surface area contributed by atoms with E-state index in [2.05, 4.69) is 36.1 Å². The molecule has 76 valence electrons. The van der Waals surface area contributed by atoms with Crippen LogP contribution in [-0.4, -0.2) is 21.3 Å². The van der Waals surface area contributed by atoms with E-state index in [0.717, 1.165) is 22.9 Å². The maximum Gasteiger partial charge on any atom is 0.118 e. The summed E-state index contributed by atoms with van der Waals surface area (Å²) >= 11 is 3.55. The largest absolute Gasteiger partial charge is 0.269 e. The summed E-state index contributed by atoms with van der Waals surface area (Å²) in [5.74, 6) is 1.07. The van der Waals surface area contributed by atoms with Crippen molar-refractivity contribution in [2.24, 2.45) is 4.99 Å². The Balaban J connectivity index is 2.24. The lowest BCUT2D eigenvalue weighted by atomic mass is 10.1. The van der Waals surface area contributed by atoms with E-state index in [4.69, 9.17) is 0 Å². The van der Waals surface area contributed by atoms with Gasteiger partial charge in [-0.3, -0.25) is 4.99 Å². The molecule has 0 aromatic carbocycles. The number of hydrogen-bond donors (Lipinski definition) is 0. The molecule has 14 heavy (non-hydrogen) atoms. The van der Waals surface area contributed by atoms with Crippen molar-refractivity contribution in [2.75, 3.05) is 5.75 Å². The number of thiazole rings is 1. The summed E-state index contributed by atoms with van der Waals surface area (Å²) in [4.78, 5) is 9.21. The van der Waals surface area contributed by atoms with Crippen LogP contribution in [0.2, 0.25) is 0 Å². The standard InChI is InChI=1S/C10H14N2S2/c1-4-8-11-7(5-13-8)9-12-10(2,3)6-14-9/h5H,4,6H2,1-3H3. The van der Waals surface area contributed by atoms with Crippen molar-refractivity contribution in [1.82, 2.24) is 4.98 Å². The highest BCUT2D eigenvalue weighted by Gasteiger charge is 2.26. The first kappa shape index (κ1) is 10.2. The van der Waals surface area contributed by atoms with Crippen molar-refractivity contribution in [3.8, 4) is 0 Å².